The highest BCUT2D eigenvalue weighted by atomic mass is 35.5. The predicted molar refractivity (Wildman–Crippen MR) is 87.3 cm³/mol. The molecule has 1 atom stereocenters. The van der Waals surface area contributed by atoms with Crippen LogP contribution in [-0.4, -0.2) is 41.8 Å². The molecule has 1 unspecified atom stereocenters. The zero-order chi connectivity index (χ0) is 17.0. The Kier molecular flexibility index (Phi) is 5.60. The molecule has 1 aliphatic rings. The number of piperidine rings is 1. The number of nitrogens with two attached hydrogens (primary N) is 1. The van der Waals surface area contributed by atoms with Crippen LogP contribution in [0.15, 0.2) is 24.3 Å². The number of rotatable bonds is 4. The summed E-state index contributed by atoms with van der Waals surface area (Å²) in [6.45, 7) is 2.58. The number of hydrogen-bond acceptors (Lipinski definition) is 3. The van der Waals surface area contributed by atoms with E-state index in [4.69, 9.17) is 17.3 Å². The largest absolute Gasteiger partial charge is 0.352 e. The number of Topliss-reactive ketones (excluding diaryl/α,β-unsaturated/α-hetero) is 1. The summed E-state index contributed by atoms with van der Waals surface area (Å²) >= 11 is 5.83. The van der Waals surface area contributed by atoms with Crippen LogP contribution in [0.5, 0.6) is 0 Å². The molecule has 1 saturated heterocycles. The van der Waals surface area contributed by atoms with Gasteiger partial charge in [0.25, 0.3) is 0 Å². The monoisotopic (exact) mass is 337 g/mol. The van der Waals surface area contributed by atoms with Gasteiger partial charge in [-0.15, -0.1) is 0 Å². The third kappa shape index (κ3) is 4.45. The van der Waals surface area contributed by atoms with Gasteiger partial charge in [0.05, 0.1) is 0 Å². The van der Waals surface area contributed by atoms with Gasteiger partial charge in [0.15, 0.2) is 5.78 Å². The molecule has 0 bridgehead atoms. The van der Waals surface area contributed by atoms with Gasteiger partial charge in [-0.25, -0.2) is 4.79 Å². The standard InChI is InChI=1S/C16H20ClN3O3/c1-10(19-16(18)23)15(22)20-8-6-12(7-9-20)14(21)11-2-4-13(17)5-3-11/h2-5,10,12H,6-9H2,1H3,(H3,18,19,23). The fourth-order valence-corrected chi connectivity index (χ4v) is 2.89. The molecule has 0 aromatic heterocycles. The van der Waals surface area contributed by atoms with E-state index in [2.05, 4.69) is 5.32 Å². The van der Waals surface area contributed by atoms with Crippen LogP contribution in [0.1, 0.15) is 30.1 Å². The second-order valence-corrected chi connectivity index (χ2v) is 6.14. The fraction of sp³-hybridized carbons (Fsp3) is 0.438. The number of carbonyl (C=O) groups excluding carboxylic acids is 3. The summed E-state index contributed by atoms with van der Waals surface area (Å²) in [7, 11) is 0. The lowest BCUT2D eigenvalue weighted by atomic mass is 9.88. The number of carbonyl (C=O) groups is 3. The average Bonchev–Trinajstić information content (AvgIpc) is 2.53. The van der Waals surface area contributed by atoms with E-state index in [0.717, 1.165) is 0 Å². The van der Waals surface area contributed by atoms with Crippen LogP contribution < -0.4 is 11.1 Å². The van der Waals surface area contributed by atoms with E-state index in [9.17, 15) is 14.4 Å². The molecule has 1 fully saturated rings. The van der Waals surface area contributed by atoms with Gasteiger partial charge >= 0.3 is 6.03 Å². The summed E-state index contributed by atoms with van der Waals surface area (Å²) in [6.07, 6.45) is 1.22. The smallest absolute Gasteiger partial charge is 0.312 e. The van der Waals surface area contributed by atoms with Gasteiger partial charge in [0, 0.05) is 29.6 Å². The van der Waals surface area contributed by atoms with Gasteiger partial charge in [-0.3, -0.25) is 9.59 Å². The molecular weight excluding hydrogens is 318 g/mol. The Morgan fingerprint density at radius 3 is 2.30 bits per heavy atom. The fourth-order valence-electron chi connectivity index (χ4n) is 2.76. The minimum Gasteiger partial charge on any atom is -0.352 e. The molecule has 1 heterocycles. The third-order valence-corrected chi connectivity index (χ3v) is 4.29. The molecule has 7 heteroatoms. The lowest BCUT2D eigenvalue weighted by molar-refractivity contribution is -0.134. The molecule has 0 aliphatic carbocycles. The van der Waals surface area contributed by atoms with Crippen LogP contribution in [0.25, 0.3) is 0 Å². The van der Waals surface area contributed by atoms with E-state index in [1.807, 2.05) is 0 Å². The molecule has 0 saturated carbocycles. The third-order valence-electron chi connectivity index (χ3n) is 4.04. The number of amides is 3. The van der Waals surface area contributed by atoms with Crippen molar-refractivity contribution in [1.29, 1.82) is 0 Å². The van der Waals surface area contributed by atoms with E-state index in [-0.39, 0.29) is 17.6 Å². The molecule has 1 aliphatic heterocycles. The number of nitrogens with zero attached hydrogens (tertiary/aromatic N) is 1. The van der Waals surface area contributed by atoms with Crippen molar-refractivity contribution in [3.8, 4) is 0 Å². The second kappa shape index (κ2) is 7.46. The van der Waals surface area contributed by atoms with Crippen molar-refractivity contribution in [3.05, 3.63) is 34.9 Å². The van der Waals surface area contributed by atoms with Crippen molar-refractivity contribution < 1.29 is 14.4 Å². The van der Waals surface area contributed by atoms with E-state index < -0.39 is 12.1 Å². The normalized spacial score (nSPS) is 16.7. The maximum absolute atomic E-state index is 12.4. The summed E-state index contributed by atoms with van der Waals surface area (Å²) in [6, 6.07) is 5.46. The zero-order valence-electron chi connectivity index (χ0n) is 12.9. The highest BCUT2D eigenvalue weighted by Crippen LogP contribution is 2.23. The van der Waals surface area contributed by atoms with Crippen molar-refractivity contribution in [2.45, 2.75) is 25.8 Å². The number of benzene rings is 1. The molecule has 6 nitrogen and oxygen atoms in total. The molecule has 0 spiro atoms. The first kappa shape index (κ1) is 17.3. The number of urea groups is 1. The number of halogens is 1. The SMILES string of the molecule is CC(NC(N)=O)C(=O)N1CCC(C(=O)c2ccc(Cl)cc2)CC1. The summed E-state index contributed by atoms with van der Waals surface area (Å²) in [5.74, 6) is -0.196. The average molecular weight is 338 g/mol. The lowest BCUT2D eigenvalue weighted by Crippen LogP contribution is -2.51. The maximum Gasteiger partial charge on any atom is 0.312 e. The van der Waals surface area contributed by atoms with Gasteiger partial charge in [0.2, 0.25) is 5.91 Å². The first-order chi connectivity index (χ1) is 10.9. The number of primary amides is 1. The van der Waals surface area contributed by atoms with Crippen molar-refractivity contribution in [2.24, 2.45) is 11.7 Å². The first-order valence-corrected chi connectivity index (χ1v) is 7.91. The van der Waals surface area contributed by atoms with E-state index in [1.165, 1.54) is 0 Å². The maximum atomic E-state index is 12.4. The Balaban J connectivity index is 1.90. The molecule has 2 rings (SSSR count). The van der Waals surface area contributed by atoms with Crippen LogP contribution in [0.3, 0.4) is 0 Å². The minimum absolute atomic E-state index is 0.0806. The Hall–Kier alpha value is -2.08. The first-order valence-electron chi connectivity index (χ1n) is 7.53. The summed E-state index contributed by atoms with van der Waals surface area (Å²) in [4.78, 5) is 37.1. The zero-order valence-corrected chi connectivity index (χ0v) is 13.7. The number of ketones is 1. The van der Waals surface area contributed by atoms with Crippen LogP contribution in [-0.2, 0) is 4.79 Å². The van der Waals surface area contributed by atoms with Gasteiger partial charge < -0.3 is 16.0 Å². The highest BCUT2D eigenvalue weighted by Gasteiger charge is 2.30. The second-order valence-electron chi connectivity index (χ2n) is 5.70. The lowest BCUT2D eigenvalue weighted by Gasteiger charge is -2.33. The molecule has 0 radical (unpaired) electrons. The van der Waals surface area contributed by atoms with Gasteiger partial charge in [-0.1, -0.05) is 11.6 Å². The van der Waals surface area contributed by atoms with Crippen LogP contribution in [0.4, 0.5) is 4.79 Å². The Bertz CT molecular complexity index is 595. The molecule has 3 N–H and O–H groups in total. The number of likely N-dealkylation sites (tertiary alicyclic amines) is 1. The van der Waals surface area contributed by atoms with Gasteiger partial charge in [0.1, 0.15) is 6.04 Å². The van der Waals surface area contributed by atoms with E-state index in [0.29, 0.717) is 36.5 Å². The Morgan fingerprint density at radius 2 is 1.78 bits per heavy atom. The predicted octanol–water partition coefficient (Wildman–Crippen LogP) is 1.82. The van der Waals surface area contributed by atoms with E-state index >= 15 is 0 Å². The number of hydrogen-bond donors (Lipinski definition) is 2. The molecule has 1 aromatic rings. The molecule has 124 valence electrons. The molecule has 23 heavy (non-hydrogen) atoms. The topological polar surface area (TPSA) is 92.5 Å². The highest BCUT2D eigenvalue weighted by molar-refractivity contribution is 6.30. The van der Waals surface area contributed by atoms with Crippen molar-refractivity contribution >= 4 is 29.3 Å². The molecule has 1 aromatic carbocycles. The van der Waals surface area contributed by atoms with Crippen molar-refractivity contribution in [3.63, 3.8) is 0 Å². The summed E-state index contributed by atoms with van der Waals surface area (Å²) in [5, 5.41) is 2.97. The summed E-state index contributed by atoms with van der Waals surface area (Å²) < 4.78 is 0. The van der Waals surface area contributed by atoms with Crippen LogP contribution in [0, 0.1) is 5.92 Å². The summed E-state index contributed by atoms with van der Waals surface area (Å²) in [5.41, 5.74) is 5.66. The van der Waals surface area contributed by atoms with E-state index in [1.54, 1.807) is 36.1 Å². The number of nitrogens with one attached hydrogen (secondary N) is 1. The molecule has 3 amide bonds. The van der Waals surface area contributed by atoms with Crippen LogP contribution in [0.2, 0.25) is 5.02 Å². The van der Waals surface area contributed by atoms with Gasteiger partial charge in [-0.05, 0) is 44.0 Å². The quantitative estimate of drug-likeness (QED) is 0.821. The van der Waals surface area contributed by atoms with Crippen LogP contribution >= 0.6 is 11.6 Å². The molecular formula is C16H20ClN3O3. The Labute approximate surface area is 140 Å². The minimum atomic E-state index is -0.723. The van der Waals surface area contributed by atoms with Gasteiger partial charge in [-0.2, -0.15) is 0 Å². The Morgan fingerprint density at radius 1 is 1.22 bits per heavy atom. The van der Waals surface area contributed by atoms with Crippen molar-refractivity contribution in [2.75, 3.05) is 13.1 Å². The van der Waals surface area contributed by atoms with Crippen molar-refractivity contribution in [1.82, 2.24) is 10.2 Å².